The minimum atomic E-state index is -0.120. The third-order valence-electron chi connectivity index (χ3n) is 3.72. The molecule has 0 bridgehead atoms. The number of furan rings is 1. The maximum absolute atomic E-state index is 12.8. The van der Waals surface area contributed by atoms with Gasteiger partial charge in [-0.05, 0) is 26.0 Å². The van der Waals surface area contributed by atoms with Gasteiger partial charge in [-0.2, -0.15) is 0 Å². The van der Waals surface area contributed by atoms with Crippen LogP contribution >= 0.6 is 11.3 Å². The first kappa shape index (κ1) is 15.7. The normalized spacial score (nSPS) is 12.3. The maximum Gasteiger partial charge on any atom is 0.275 e. The molecule has 6 nitrogen and oxygen atoms in total. The Hall–Kier alpha value is -2.80. The van der Waals surface area contributed by atoms with Crippen LogP contribution in [0, 0.1) is 0 Å². The van der Waals surface area contributed by atoms with Crippen molar-refractivity contribution in [2.75, 3.05) is 13.2 Å². The van der Waals surface area contributed by atoms with E-state index in [1.165, 1.54) is 11.3 Å². The van der Waals surface area contributed by atoms with E-state index in [9.17, 15) is 4.79 Å². The fourth-order valence-corrected chi connectivity index (χ4v) is 3.68. The van der Waals surface area contributed by atoms with Crippen molar-refractivity contribution in [2.45, 2.75) is 13.8 Å². The van der Waals surface area contributed by atoms with E-state index < -0.39 is 0 Å². The second kappa shape index (κ2) is 6.25. The molecule has 0 saturated carbocycles. The lowest BCUT2D eigenvalue weighted by molar-refractivity contribution is 0.288. The van der Waals surface area contributed by atoms with Gasteiger partial charge in [0.05, 0.1) is 30.5 Å². The number of imidazole rings is 1. The van der Waals surface area contributed by atoms with Gasteiger partial charge in [0.25, 0.3) is 5.56 Å². The zero-order valence-corrected chi connectivity index (χ0v) is 14.6. The van der Waals surface area contributed by atoms with E-state index in [-0.39, 0.29) is 5.56 Å². The number of nitrogens with zero attached hydrogens (tertiary/aromatic N) is 2. The Balaban J connectivity index is 1.96. The third-order valence-corrected chi connectivity index (χ3v) is 4.69. The number of rotatable bonds is 5. The number of ether oxygens (including phenoxy) is 2. The van der Waals surface area contributed by atoms with Crippen molar-refractivity contribution in [3.8, 4) is 11.5 Å². The quantitative estimate of drug-likeness (QED) is 0.550. The van der Waals surface area contributed by atoms with Gasteiger partial charge in [0.15, 0.2) is 16.5 Å². The Morgan fingerprint density at radius 2 is 2.00 bits per heavy atom. The minimum absolute atomic E-state index is 0.120. The van der Waals surface area contributed by atoms with E-state index >= 15 is 0 Å². The Morgan fingerprint density at radius 3 is 2.68 bits per heavy atom. The molecule has 0 radical (unpaired) electrons. The van der Waals surface area contributed by atoms with Gasteiger partial charge in [-0.1, -0.05) is 11.3 Å². The van der Waals surface area contributed by atoms with Crippen molar-refractivity contribution >= 4 is 33.4 Å². The average molecular weight is 356 g/mol. The average Bonchev–Trinajstić information content (AvgIpc) is 3.28. The van der Waals surface area contributed by atoms with Gasteiger partial charge in [-0.3, -0.25) is 4.79 Å². The molecule has 0 amide bonds. The lowest BCUT2D eigenvalue weighted by atomic mass is 10.2. The first-order valence-electron chi connectivity index (χ1n) is 8.01. The first-order chi connectivity index (χ1) is 12.2. The molecule has 25 heavy (non-hydrogen) atoms. The van der Waals surface area contributed by atoms with Crippen LogP contribution < -0.4 is 19.6 Å². The SMILES string of the molecule is CCOc1cc2nc3sc(=Cc4ccco4)c(=O)n3c2cc1OCC. The van der Waals surface area contributed by atoms with Crippen LogP contribution in [-0.4, -0.2) is 22.6 Å². The summed E-state index contributed by atoms with van der Waals surface area (Å²) >= 11 is 1.33. The number of hydrogen-bond donors (Lipinski definition) is 0. The summed E-state index contributed by atoms with van der Waals surface area (Å²) in [5.74, 6) is 1.89. The highest BCUT2D eigenvalue weighted by molar-refractivity contribution is 7.15. The van der Waals surface area contributed by atoms with Crippen LogP contribution in [0.2, 0.25) is 0 Å². The second-order valence-electron chi connectivity index (χ2n) is 5.31. The van der Waals surface area contributed by atoms with Gasteiger partial charge < -0.3 is 13.9 Å². The van der Waals surface area contributed by atoms with Gasteiger partial charge in [0.1, 0.15) is 10.3 Å². The highest BCUT2D eigenvalue weighted by Gasteiger charge is 2.16. The molecular weight excluding hydrogens is 340 g/mol. The number of aromatic nitrogens is 2. The molecule has 0 aliphatic carbocycles. The van der Waals surface area contributed by atoms with Crippen molar-refractivity contribution in [1.82, 2.24) is 9.38 Å². The smallest absolute Gasteiger partial charge is 0.275 e. The molecule has 3 heterocycles. The predicted octanol–water partition coefficient (Wildman–Crippen LogP) is 2.85. The Labute approximate surface area is 146 Å². The summed E-state index contributed by atoms with van der Waals surface area (Å²) in [6.07, 6.45) is 3.31. The van der Waals surface area contributed by atoms with E-state index in [2.05, 4.69) is 4.98 Å². The lowest BCUT2D eigenvalue weighted by Gasteiger charge is -2.10. The van der Waals surface area contributed by atoms with Crippen molar-refractivity contribution in [1.29, 1.82) is 0 Å². The van der Waals surface area contributed by atoms with Gasteiger partial charge in [-0.15, -0.1) is 0 Å². The first-order valence-corrected chi connectivity index (χ1v) is 8.82. The van der Waals surface area contributed by atoms with Crippen LogP contribution in [0.5, 0.6) is 11.5 Å². The van der Waals surface area contributed by atoms with Crippen LogP contribution in [0.3, 0.4) is 0 Å². The van der Waals surface area contributed by atoms with Crippen molar-refractivity contribution in [2.24, 2.45) is 0 Å². The summed E-state index contributed by atoms with van der Waals surface area (Å²) < 4.78 is 18.8. The zero-order chi connectivity index (χ0) is 17.4. The summed E-state index contributed by atoms with van der Waals surface area (Å²) in [6.45, 7) is 4.87. The van der Waals surface area contributed by atoms with Crippen LogP contribution in [-0.2, 0) is 0 Å². The van der Waals surface area contributed by atoms with Crippen LogP contribution in [0.25, 0.3) is 22.1 Å². The molecule has 0 aliphatic rings. The van der Waals surface area contributed by atoms with Crippen LogP contribution in [0.1, 0.15) is 19.6 Å². The molecule has 0 saturated heterocycles. The van der Waals surface area contributed by atoms with E-state index in [0.29, 0.717) is 51.0 Å². The standard InChI is InChI=1S/C18H16N2O4S/c1-3-22-14-9-12-13(10-15(14)23-4-2)20-17(21)16(25-18(20)19-12)8-11-6-5-7-24-11/h5-10H,3-4H2,1-2H3. The Kier molecular flexibility index (Phi) is 3.93. The zero-order valence-electron chi connectivity index (χ0n) is 13.8. The summed E-state index contributed by atoms with van der Waals surface area (Å²) in [7, 11) is 0. The molecule has 0 fully saturated rings. The third kappa shape index (κ3) is 2.66. The lowest BCUT2D eigenvalue weighted by Crippen LogP contribution is -2.22. The maximum atomic E-state index is 12.8. The number of hydrogen-bond acceptors (Lipinski definition) is 6. The second-order valence-corrected chi connectivity index (χ2v) is 6.32. The van der Waals surface area contributed by atoms with Crippen LogP contribution in [0.4, 0.5) is 0 Å². The Bertz CT molecular complexity index is 1140. The summed E-state index contributed by atoms with van der Waals surface area (Å²) in [5, 5.41) is 0. The van der Waals surface area contributed by atoms with Crippen molar-refractivity contribution in [3.63, 3.8) is 0 Å². The minimum Gasteiger partial charge on any atom is -0.490 e. The molecular formula is C18H16N2O4S. The van der Waals surface area contributed by atoms with Crippen molar-refractivity contribution < 1.29 is 13.9 Å². The molecule has 7 heteroatoms. The summed E-state index contributed by atoms with van der Waals surface area (Å²) in [4.78, 5) is 18.0. The monoisotopic (exact) mass is 356 g/mol. The molecule has 4 rings (SSSR count). The predicted molar refractivity (Wildman–Crippen MR) is 96.7 cm³/mol. The molecule has 1 aromatic carbocycles. The van der Waals surface area contributed by atoms with Crippen molar-refractivity contribution in [3.05, 3.63) is 51.2 Å². The largest absolute Gasteiger partial charge is 0.490 e. The molecule has 3 aromatic heterocycles. The number of fused-ring (bicyclic) bond motifs is 3. The fourth-order valence-electron chi connectivity index (χ4n) is 2.71. The highest BCUT2D eigenvalue weighted by atomic mass is 32.1. The van der Waals surface area contributed by atoms with Gasteiger partial charge in [0, 0.05) is 18.2 Å². The van der Waals surface area contributed by atoms with E-state index in [4.69, 9.17) is 13.9 Å². The molecule has 0 aliphatic heterocycles. The molecule has 128 valence electrons. The molecule has 0 spiro atoms. The van der Waals surface area contributed by atoms with E-state index in [1.807, 2.05) is 32.0 Å². The van der Waals surface area contributed by atoms with Gasteiger partial charge >= 0.3 is 0 Å². The summed E-state index contributed by atoms with van der Waals surface area (Å²) in [6, 6.07) is 7.23. The molecule has 0 unspecified atom stereocenters. The molecule has 0 N–H and O–H groups in total. The van der Waals surface area contributed by atoms with Crippen LogP contribution in [0.15, 0.2) is 39.7 Å². The van der Waals surface area contributed by atoms with Gasteiger partial charge in [0.2, 0.25) is 0 Å². The number of thiazole rings is 1. The highest BCUT2D eigenvalue weighted by Crippen LogP contribution is 2.32. The topological polar surface area (TPSA) is 66.0 Å². The summed E-state index contributed by atoms with van der Waals surface area (Å²) in [5.41, 5.74) is 1.30. The number of benzene rings is 1. The van der Waals surface area contributed by atoms with E-state index in [0.717, 1.165) is 0 Å². The molecule has 4 aromatic rings. The fraction of sp³-hybridized carbons (Fsp3) is 0.222. The Morgan fingerprint density at radius 1 is 1.24 bits per heavy atom. The van der Waals surface area contributed by atoms with E-state index in [1.54, 1.807) is 22.8 Å². The van der Waals surface area contributed by atoms with Gasteiger partial charge in [-0.25, -0.2) is 9.38 Å². The molecule has 0 atom stereocenters.